The topological polar surface area (TPSA) is 106 Å². The third-order valence-corrected chi connectivity index (χ3v) is 6.79. The van der Waals surface area contributed by atoms with Crippen molar-refractivity contribution in [3.63, 3.8) is 0 Å². The van der Waals surface area contributed by atoms with Gasteiger partial charge in [0.25, 0.3) is 0 Å². The van der Waals surface area contributed by atoms with E-state index in [9.17, 15) is 19.8 Å². The molecule has 1 aliphatic carbocycles. The molecule has 2 aromatic rings. The summed E-state index contributed by atoms with van der Waals surface area (Å²) in [6.07, 6.45) is 5.41. The quantitative estimate of drug-likeness (QED) is 0.564. The number of carbonyl (C=O) groups is 1. The maximum Gasteiger partial charge on any atom is 0.333 e. The van der Waals surface area contributed by atoms with Gasteiger partial charge in [-0.2, -0.15) is 0 Å². The molecule has 0 saturated heterocycles. The number of benzene rings is 1. The van der Waals surface area contributed by atoms with E-state index in [0.717, 1.165) is 31.7 Å². The second kappa shape index (κ2) is 8.04. The van der Waals surface area contributed by atoms with Crippen molar-refractivity contribution in [1.29, 1.82) is 0 Å². The summed E-state index contributed by atoms with van der Waals surface area (Å²) in [6, 6.07) is 2.75. The van der Waals surface area contributed by atoms with E-state index in [-0.39, 0.29) is 34.8 Å². The zero-order valence-electron chi connectivity index (χ0n) is 18.1. The van der Waals surface area contributed by atoms with Gasteiger partial charge in [-0.25, -0.2) is 4.79 Å². The van der Waals surface area contributed by atoms with E-state index in [2.05, 4.69) is 0 Å². The number of carbonyl (C=O) groups excluding carboxylic acids is 1. The fraction of sp³-hybridized carbons (Fsp3) is 0.500. The third-order valence-electron chi connectivity index (χ3n) is 6.79. The summed E-state index contributed by atoms with van der Waals surface area (Å²) in [7, 11) is 0. The highest BCUT2D eigenvalue weighted by Gasteiger charge is 2.50. The predicted molar refractivity (Wildman–Crippen MR) is 114 cm³/mol. The Kier molecular flexibility index (Phi) is 5.56. The van der Waals surface area contributed by atoms with Gasteiger partial charge in [0.15, 0.2) is 5.43 Å². The van der Waals surface area contributed by atoms with Crippen molar-refractivity contribution in [3.8, 4) is 11.5 Å². The van der Waals surface area contributed by atoms with Gasteiger partial charge in [0, 0.05) is 35.6 Å². The molecule has 2 atom stereocenters. The number of aromatic hydroxyl groups is 1. The van der Waals surface area contributed by atoms with Crippen LogP contribution in [0.15, 0.2) is 33.0 Å². The highest BCUT2D eigenvalue weighted by Crippen LogP contribution is 2.48. The van der Waals surface area contributed by atoms with Crippen molar-refractivity contribution in [2.75, 3.05) is 0 Å². The third kappa shape index (κ3) is 3.61. The van der Waals surface area contributed by atoms with Crippen molar-refractivity contribution >= 4 is 16.9 Å². The molecule has 0 radical (unpaired) electrons. The van der Waals surface area contributed by atoms with Gasteiger partial charge in [-0.3, -0.25) is 4.79 Å². The van der Waals surface area contributed by atoms with E-state index in [4.69, 9.17) is 13.9 Å². The molecule has 0 amide bonds. The van der Waals surface area contributed by atoms with Crippen LogP contribution in [0.3, 0.4) is 0 Å². The Morgan fingerprint density at radius 1 is 1.32 bits per heavy atom. The molecule has 1 saturated carbocycles. The van der Waals surface area contributed by atoms with Crippen LogP contribution in [0.1, 0.15) is 57.8 Å². The van der Waals surface area contributed by atoms with E-state index >= 15 is 0 Å². The molecule has 166 valence electrons. The van der Waals surface area contributed by atoms with Crippen LogP contribution >= 0.6 is 0 Å². The van der Waals surface area contributed by atoms with E-state index < -0.39 is 29.7 Å². The Morgan fingerprint density at radius 3 is 2.68 bits per heavy atom. The Balaban J connectivity index is 1.84. The number of phenolic OH excluding ortho intramolecular Hbond substituents is 1. The SMILES string of the molecule is C/C=C(/C)C(=O)O[C@@H]1Cc2c(cc3oc(CO)cc(=O)c3c2O)O[C@@]1(C)C1CCCC1. The van der Waals surface area contributed by atoms with Crippen molar-refractivity contribution in [3.05, 3.63) is 45.3 Å². The van der Waals surface area contributed by atoms with Gasteiger partial charge >= 0.3 is 5.97 Å². The molecule has 31 heavy (non-hydrogen) atoms. The molecule has 4 rings (SSSR count). The van der Waals surface area contributed by atoms with Crippen LogP contribution in [0.2, 0.25) is 0 Å². The lowest BCUT2D eigenvalue weighted by Crippen LogP contribution is -2.55. The standard InChI is InChI=1S/C24H28O7/c1-4-13(2)23(28)30-20-10-16-18(31-24(20,3)14-7-5-6-8-14)11-19-21(22(16)27)17(26)9-15(12-25)29-19/h4,9,11,14,20,25,27H,5-8,10,12H2,1-3H3/b13-4-/t20-,24+/m1/s1. The molecule has 2 aliphatic rings. The molecule has 2 heterocycles. The van der Waals surface area contributed by atoms with Gasteiger partial charge in [0.2, 0.25) is 0 Å². The summed E-state index contributed by atoms with van der Waals surface area (Å²) < 4.78 is 17.9. The minimum atomic E-state index is -0.776. The Hall–Kier alpha value is -2.80. The maximum atomic E-state index is 12.6. The number of rotatable bonds is 4. The number of aliphatic hydroxyl groups excluding tert-OH is 1. The summed E-state index contributed by atoms with van der Waals surface area (Å²) in [5, 5.41) is 20.3. The van der Waals surface area contributed by atoms with E-state index in [1.165, 1.54) is 0 Å². The molecular weight excluding hydrogens is 400 g/mol. The lowest BCUT2D eigenvalue weighted by Gasteiger charge is -2.45. The number of hydrogen-bond donors (Lipinski definition) is 2. The van der Waals surface area contributed by atoms with Gasteiger partial charge in [-0.05, 0) is 33.6 Å². The number of allylic oxidation sites excluding steroid dienone is 1. The van der Waals surface area contributed by atoms with Crippen molar-refractivity contribution < 1.29 is 28.9 Å². The van der Waals surface area contributed by atoms with Crippen molar-refractivity contribution in [2.24, 2.45) is 5.92 Å². The summed E-state index contributed by atoms with van der Waals surface area (Å²) in [5.41, 5.74) is -0.153. The number of esters is 1. The van der Waals surface area contributed by atoms with Crippen LogP contribution in [0.25, 0.3) is 11.0 Å². The van der Waals surface area contributed by atoms with Gasteiger partial charge in [-0.15, -0.1) is 0 Å². The average Bonchev–Trinajstić information content (AvgIpc) is 3.29. The first kappa shape index (κ1) is 21.4. The highest BCUT2D eigenvalue weighted by atomic mass is 16.6. The highest BCUT2D eigenvalue weighted by molar-refractivity contribution is 5.88. The van der Waals surface area contributed by atoms with Crippen LogP contribution in [-0.2, 0) is 22.6 Å². The first-order chi connectivity index (χ1) is 14.8. The average molecular weight is 428 g/mol. The normalized spacial score (nSPS) is 24.1. The summed E-state index contributed by atoms with van der Waals surface area (Å²) >= 11 is 0. The first-order valence-corrected chi connectivity index (χ1v) is 10.7. The lowest BCUT2D eigenvalue weighted by molar-refractivity contribution is -0.164. The Labute approximate surface area is 180 Å². The van der Waals surface area contributed by atoms with Crippen LogP contribution in [-0.4, -0.2) is 27.9 Å². The van der Waals surface area contributed by atoms with Crippen LogP contribution in [0, 0.1) is 5.92 Å². The van der Waals surface area contributed by atoms with Crippen molar-refractivity contribution in [1.82, 2.24) is 0 Å². The van der Waals surface area contributed by atoms with Gasteiger partial charge in [-0.1, -0.05) is 18.9 Å². The van der Waals surface area contributed by atoms with Crippen LogP contribution < -0.4 is 10.2 Å². The molecule has 0 unspecified atom stereocenters. The largest absolute Gasteiger partial charge is 0.507 e. The van der Waals surface area contributed by atoms with E-state index in [0.29, 0.717) is 16.9 Å². The maximum absolute atomic E-state index is 12.6. The molecule has 0 spiro atoms. The monoisotopic (exact) mass is 428 g/mol. The summed E-state index contributed by atoms with van der Waals surface area (Å²) in [6.45, 7) is 5.00. The predicted octanol–water partition coefficient (Wildman–Crippen LogP) is 3.75. The first-order valence-electron chi connectivity index (χ1n) is 10.7. The zero-order chi connectivity index (χ0) is 22.3. The number of fused-ring (bicyclic) bond motifs is 2. The molecule has 1 fully saturated rings. The Morgan fingerprint density at radius 2 is 2.03 bits per heavy atom. The molecule has 7 nitrogen and oxygen atoms in total. The van der Waals surface area contributed by atoms with Crippen LogP contribution in [0.5, 0.6) is 11.5 Å². The summed E-state index contributed by atoms with van der Waals surface area (Å²) in [4.78, 5) is 25.1. The zero-order valence-corrected chi connectivity index (χ0v) is 18.1. The molecule has 2 N–H and O–H groups in total. The molecule has 1 aliphatic heterocycles. The van der Waals surface area contributed by atoms with E-state index in [1.807, 2.05) is 6.92 Å². The number of ether oxygens (including phenoxy) is 2. The fourth-order valence-electron chi connectivity index (χ4n) is 4.77. The number of hydrogen-bond acceptors (Lipinski definition) is 7. The molecular formula is C24H28O7. The number of phenols is 1. The van der Waals surface area contributed by atoms with Crippen molar-refractivity contribution in [2.45, 2.75) is 71.2 Å². The van der Waals surface area contributed by atoms with Gasteiger partial charge < -0.3 is 24.1 Å². The van der Waals surface area contributed by atoms with Gasteiger partial charge in [0.1, 0.15) is 46.5 Å². The minimum absolute atomic E-state index is 0.0266. The van der Waals surface area contributed by atoms with E-state index in [1.54, 1.807) is 26.0 Å². The van der Waals surface area contributed by atoms with Gasteiger partial charge in [0.05, 0.1) is 0 Å². The smallest absolute Gasteiger partial charge is 0.333 e. The summed E-state index contributed by atoms with van der Waals surface area (Å²) in [5.74, 6) is 0.0599. The molecule has 1 aromatic heterocycles. The molecule has 0 bridgehead atoms. The second-order valence-electron chi connectivity index (χ2n) is 8.65. The Bertz CT molecular complexity index is 1110. The molecule has 7 heteroatoms. The minimum Gasteiger partial charge on any atom is -0.507 e. The lowest BCUT2D eigenvalue weighted by atomic mass is 9.78. The molecule has 1 aromatic carbocycles. The number of aliphatic hydroxyl groups is 1. The van der Waals surface area contributed by atoms with Crippen LogP contribution in [0.4, 0.5) is 0 Å². The second-order valence-corrected chi connectivity index (χ2v) is 8.65. The fourth-order valence-corrected chi connectivity index (χ4v) is 4.77.